The van der Waals surface area contributed by atoms with E-state index < -0.39 is 47.1 Å². The number of hydrogen-bond acceptors (Lipinski definition) is 3. The lowest BCUT2D eigenvalue weighted by molar-refractivity contribution is -0.140. The number of rotatable bonds is 4. The molecule has 4 rings (SSSR count). The number of nitriles is 1. The van der Waals surface area contributed by atoms with Crippen LogP contribution in [0, 0.1) is 40.7 Å². The number of benzene rings is 2. The van der Waals surface area contributed by atoms with E-state index in [1.165, 1.54) is 6.07 Å². The van der Waals surface area contributed by atoms with Crippen LogP contribution >= 0.6 is 0 Å². The predicted molar refractivity (Wildman–Crippen MR) is 120 cm³/mol. The van der Waals surface area contributed by atoms with Crippen molar-refractivity contribution in [3.05, 3.63) is 75.9 Å². The first-order chi connectivity index (χ1) is 16.9. The molecule has 2 aromatic rings. The Hall–Kier alpha value is -3.74. The summed E-state index contributed by atoms with van der Waals surface area (Å²) in [5.41, 5.74) is -0.0321. The Labute approximate surface area is 204 Å². The zero-order chi connectivity index (χ0) is 26.4. The van der Waals surface area contributed by atoms with Gasteiger partial charge in [0.15, 0.2) is 0 Å². The van der Waals surface area contributed by atoms with Gasteiger partial charge in [0.2, 0.25) is 5.91 Å². The fourth-order valence-corrected chi connectivity index (χ4v) is 5.51. The van der Waals surface area contributed by atoms with Crippen molar-refractivity contribution < 1.29 is 31.5 Å². The number of alkyl halides is 3. The molecular formula is C26H22F5N3O2. The molecule has 2 bridgehead atoms. The van der Waals surface area contributed by atoms with Crippen LogP contribution in [-0.4, -0.2) is 17.9 Å². The minimum absolute atomic E-state index is 0.0885. The lowest BCUT2D eigenvalue weighted by Gasteiger charge is -2.30. The van der Waals surface area contributed by atoms with Gasteiger partial charge in [0.05, 0.1) is 28.7 Å². The van der Waals surface area contributed by atoms with Crippen LogP contribution in [0.4, 0.5) is 27.6 Å². The highest BCUT2D eigenvalue weighted by atomic mass is 19.4. The Morgan fingerprint density at radius 2 is 1.67 bits per heavy atom. The second kappa shape index (κ2) is 9.37. The highest BCUT2D eigenvalue weighted by Gasteiger charge is 2.55. The lowest BCUT2D eigenvalue weighted by atomic mass is 9.83. The van der Waals surface area contributed by atoms with Crippen molar-refractivity contribution in [3.63, 3.8) is 0 Å². The summed E-state index contributed by atoms with van der Waals surface area (Å²) >= 11 is 0. The Morgan fingerprint density at radius 1 is 1.00 bits per heavy atom. The van der Waals surface area contributed by atoms with Crippen molar-refractivity contribution in [1.29, 1.82) is 5.26 Å². The number of carbonyl (C=O) groups is 2. The van der Waals surface area contributed by atoms with Gasteiger partial charge in [-0.1, -0.05) is 11.1 Å². The normalized spacial score (nSPS) is 22.8. The second-order valence-corrected chi connectivity index (χ2v) is 9.26. The fourth-order valence-electron chi connectivity index (χ4n) is 5.51. The summed E-state index contributed by atoms with van der Waals surface area (Å²) in [5.74, 6) is -5.02. The number of fused-ring (bicyclic) bond motifs is 2. The van der Waals surface area contributed by atoms with Crippen LogP contribution in [0.2, 0.25) is 0 Å². The monoisotopic (exact) mass is 503 g/mol. The number of nitrogens with zero attached hydrogens (tertiary/aromatic N) is 1. The number of amides is 2. The van der Waals surface area contributed by atoms with Gasteiger partial charge in [0.25, 0.3) is 5.91 Å². The molecule has 2 aliphatic rings. The summed E-state index contributed by atoms with van der Waals surface area (Å²) < 4.78 is 67.4. The van der Waals surface area contributed by atoms with Crippen LogP contribution < -0.4 is 10.6 Å². The highest BCUT2D eigenvalue weighted by Crippen LogP contribution is 2.54. The Morgan fingerprint density at radius 3 is 2.31 bits per heavy atom. The van der Waals surface area contributed by atoms with Gasteiger partial charge in [-0.2, -0.15) is 18.4 Å². The number of carbonyl (C=O) groups excluding carboxylic acids is 2. The average Bonchev–Trinajstić information content (AvgIpc) is 3.36. The molecule has 0 aromatic heterocycles. The number of halogens is 5. The van der Waals surface area contributed by atoms with E-state index >= 15 is 0 Å². The van der Waals surface area contributed by atoms with Crippen molar-refractivity contribution in [2.75, 3.05) is 5.32 Å². The van der Waals surface area contributed by atoms with Gasteiger partial charge >= 0.3 is 6.18 Å². The third kappa shape index (κ3) is 4.57. The maximum Gasteiger partial charge on any atom is 0.419 e. The second-order valence-electron chi connectivity index (χ2n) is 9.26. The summed E-state index contributed by atoms with van der Waals surface area (Å²) in [4.78, 5) is 26.3. The van der Waals surface area contributed by atoms with E-state index in [2.05, 4.69) is 10.6 Å². The summed E-state index contributed by atoms with van der Waals surface area (Å²) in [7, 11) is 0. The quantitative estimate of drug-likeness (QED) is 0.422. The summed E-state index contributed by atoms with van der Waals surface area (Å²) in [6.07, 6.45) is -3.62. The van der Waals surface area contributed by atoms with Crippen LogP contribution in [0.5, 0.6) is 0 Å². The smallest absolute Gasteiger partial charge is 0.348 e. The molecule has 2 amide bonds. The van der Waals surface area contributed by atoms with Crippen molar-refractivity contribution in [2.24, 2.45) is 17.8 Å². The molecule has 2 aliphatic carbocycles. The Bertz CT molecular complexity index is 1310. The van der Waals surface area contributed by atoms with Crippen molar-refractivity contribution in [1.82, 2.24) is 5.32 Å². The summed E-state index contributed by atoms with van der Waals surface area (Å²) in [6, 6.07) is 6.65. The summed E-state index contributed by atoms with van der Waals surface area (Å²) in [6.45, 7) is 3.76. The van der Waals surface area contributed by atoms with Gasteiger partial charge in [-0.15, -0.1) is 0 Å². The molecule has 10 heteroatoms. The third-order valence-corrected chi connectivity index (χ3v) is 6.90. The molecule has 188 valence electrons. The number of hydrogen-bond donors (Lipinski definition) is 2. The molecule has 2 unspecified atom stereocenters. The first kappa shape index (κ1) is 25.4. The van der Waals surface area contributed by atoms with Gasteiger partial charge in [-0.05, 0) is 69.0 Å². The standard InChI is InChI=1S/C26H22F5N3O2/c1-12(2)21-15-5-6-16(21)23(34-24(35)17-9-13(11-32)3-7-19(17)27)22(15)25(36)33-14-4-8-20(28)18(10-14)26(29,30)31/h3-4,7-10,15-16,22-23H,5-6H2,1-2H3,(H,33,36)(H,34,35)/t15?,16?,22-,23+/m0/s1. The van der Waals surface area contributed by atoms with Crippen LogP contribution in [-0.2, 0) is 11.0 Å². The first-order valence-corrected chi connectivity index (χ1v) is 11.3. The number of allylic oxidation sites excluding steroid dienone is 1. The zero-order valence-electron chi connectivity index (χ0n) is 19.3. The maximum absolute atomic E-state index is 14.4. The topological polar surface area (TPSA) is 82.0 Å². The van der Waals surface area contributed by atoms with Gasteiger partial charge in [-0.3, -0.25) is 9.59 Å². The van der Waals surface area contributed by atoms with E-state index in [1.54, 1.807) is 0 Å². The minimum Gasteiger partial charge on any atom is -0.348 e. The largest absolute Gasteiger partial charge is 0.419 e. The van der Waals surface area contributed by atoms with Gasteiger partial charge in [-0.25, -0.2) is 8.78 Å². The van der Waals surface area contributed by atoms with Crippen LogP contribution in [0.25, 0.3) is 0 Å². The molecule has 0 radical (unpaired) electrons. The van der Waals surface area contributed by atoms with E-state index in [4.69, 9.17) is 5.26 Å². The highest BCUT2D eigenvalue weighted by molar-refractivity contribution is 5.98. The lowest BCUT2D eigenvalue weighted by Crippen LogP contribution is -2.48. The van der Waals surface area contributed by atoms with E-state index in [0.29, 0.717) is 25.0 Å². The number of nitrogens with one attached hydrogen (secondary N) is 2. The van der Waals surface area contributed by atoms with E-state index in [-0.39, 0.29) is 28.7 Å². The van der Waals surface area contributed by atoms with Crippen LogP contribution in [0.3, 0.4) is 0 Å². The molecule has 36 heavy (non-hydrogen) atoms. The fraction of sp³-hybridized carbons (Fsp3) is 0.346. The van der Waals surface area contributed by atoms with Crippen molar-refractivity contribution in [3.8, 4) is 6.07 Å². The average molecular weight is 503 g/mol. The molecule has 0 heterocycles. The van der Waals surface area contributed by atoms with E-state index in [9.17, 15) is 31.5 Å². The summed E-state index contributed by atoms with van der Waals surface area (Å²) in [5, 5.41) is 14.3. The Balaban J connectivity index is 1.65. The van der Waals surface area contributed by atoms with Gasteiger partial charge in [0, 0.05) is 17.6 Å². The number of anilines is 1. The van der Waals surface area contributed by atoms with Crippen LogP contribution in [0.15, 0.2) is 47.5 Å². The van der Waals surface area contributed by atoms with Gasteiger partial charge < -0.3 is 10.6 Å². The molecular weight excluding hydrogens is 481 g/mol. The van der Waals surface area contributed by atoms with Crippen LogP contribution in [0.1, 0.15) is 48.2 Å². The molecule has 2 fully saturated rings. The molecule has 2 saturated carbocycles. The first-order valence-electron chi connectivity index (χ1n) is 11.3. The molecule has 4 atom stereocenters. The van der Waals surface area contributed by atoms with E-state index in [0.717, 1.165) is 29.3 Å². The minimum atomic E-state index is -4.94. The Kier molecular flexibility index (Phi) is 6.60. The molecule has 2 N–H and O–H groups in total. The SMILES string of the molecule is CC(C)=C1C2CCC1[C@H](C(=O)Nc1ccc(F)c(C(F)(F)F)c1)[C@@H]2NC(=O)c1cc(C#N)ccc1F. The molecule has 5 nitrogen and oxygen atoms in total. The molecule has 0 spiro atoms. The molecule has 0 aliphatic heterocycles. The zero-order valence-corrected chi connectivity index (χ0v) is 19.3. The van der Waals surface area contributed by atoms with E-state index in [1.807, 2.05) is 19.9 Å². The van der Waals surface area contributed by atoms with Crippen molar-refractivity contribution in [2.45, 2.75) is 38.9 Å². The van der Waals surface area contributed by atoms with Gasteiger partial charge in [0.1, 0.15) is 11.6 Å². The maximum atomic E-state index is 14.4. The third-order valence-electron chi connectivity index (χ3n) is 6.90. The van der Waals surface area contributed by atoms with Crippen molar-refractivity contribution >= 4 is 17.5 Å². The predicted octanol–water partition coefficient (Wildman–Crippen LogP) is 5.58. The molecule has 0 saturated heterocycles. The molecule has 2 aromatic carbocycles.